The molecule has 4 nitrogen and oxygen atoms in total. The largest absolute Gasteiger partial charge is 0.371 e. The van der Waals surface area contributed by atoms with E-state index in [1.807, 2.05) is 36.1 Å². The summed E-state index contributed by atoms with van der Waals surface area (Å²) in [6.45, 7) is 6.04. The summed E-state index contributed by atoms with van der Waals surface area (Å²) in [7, 11) is 0. The minimum atomic E-state index is -0.153. The lowest BCUT2D eigenvalue weighted by Gasteiger charge is -2.35. The number of halogens is 1. The van der Waals surface area contributed by atoms with E-state index in [2.05, 4.69) is 15.3 Å². The van der Waals surface area contributed by atoms with E-state index in [0.29, 0.717) is 6.04 Å². The summed E-state index contributed by atoms with van der Waals surface area (Å²) in [5.41, 5.74) is 2.19. The predicted molar refractivity (Wildman–Crippen MR) is 91.2 cm³/mol. The second-order valence-electron chi connectivity index (χ2n) is 6.27. The van der Waals surface area contributed by atoms with Crippen LogP contribution in [0.1, 0.15) is 24.8 Å². The molecule has 2 aromatic rings. The Kier molecular flexibility index (Phi) is 5.28. The minimum absolute atomic E-state index is 0.153. The summed E-state index contributed by atoms with van der Waals surface area (Å²) in [6, 6.07) is 7.63. The number of hydrogen-bond acceptors (Lipinski definition) is 3. The summed E-state index contributed by atoms with van der Waals surface area (Å²) in [4.78, 5) is 2.37. The number of benzene rings is 1. The maximum atomic E-state index is 13.2. The van der Waals surface area contributed by atoms with Gasteiger partial charge in [-0.2, -0.15) is 5.10 Å². The van der Waals surface area contributed by atoms with Crippen LogP contribution in [-0.4, -0.2) is 35.5 Å². The molecule has 0 bridgehead atoms. The highest BCUT2D eigenvalue weighted by molar-refractivity contribution is 5.53. The first-order chi connectivity index (χ1) is 11.2. The van der Waals surface area contributed by atoms with Gasteiger partial charge in [0.1, 0.15) is 5.82 Å². The second kappa shape index (κ2) is 7.59. The Hall–Kier alpha value is -1.88. The highest BCUT2D eigenvalue weighted by atomic mass is 19.1. The molecular formula is C18H25FN4. The molecule has 1 aromatic heterocycles. The molecule has 0 atom stereocenters. The normalized spacial score (nSPS) is 16.0. The summed E-state index contributed by atoms with van der Waals surface area (Å²) in [6.07, 6.45) is 7.19. The SMILES string of the molecule is Cc1cc(F)ccc1N1CCC(NCCCn2cccn2)CC1. The highest BCUT2D eigenvalue weighted by Crippen LogP contribution is 2.24. The van der Waals surface area contributed by atoms with Crippen LogP contribution in [0.25, 0.3) is 0 Å². The molecule has 2 heterocycles. The van der Waals surface area contributed by atoms with E-state index in [1.54, 1.807) is 12.1 Å². The number of aryl methyl sites for hydroxylation is 2. The van der Waals surface area contributed by atoms with Crippen LogP contribution in [0.3, 0.4) is 0 Å². The average Bonchev–Trinajstić information content (AvgIpc) is 3.06. The third-order valence-electron chi connectivity index (χ3n) is 4.55. The summed E-state index contributed by atoms with van der Waals surface area (Å²) in [5, 5.41) is 7.87. The molecule has 124 valence electrons. The fourth-order valence-electron chi connectivity index (χ4n) is 3.28. The van der Waals surface area contributed by atoms with Crippen LogP contribution in [0.2, 0.25) is 0 Å². The van der Waals surface area contributed by atoms with Crippen molar-refractivity contribution in [2.75, 3.05) is 24.5 Å². The van der Waals surface area contributed by atoms with Crippen molar-refractivity contribution in [1.82, 2.24) is 15.1 Å². The quantitative estimate of drug-likeness (QED) is 0.832. The average molecular weight is 316 g/mol. The smallest absolute Gasteiger partial charge is 0.123 e. The van der Waals surface area contributed by atoms with Gasteiger partial charge in [0.2, 0.25) is 0 Å². The number of nitrogens with zero attached hydrogens (tertiary/aromatic N) is 3. The van der Waals surface area contributed by atoms with Crippen molar-refractivity contribution in [2.24, 2.45) is 0 Å². The van der Waals surface area contributed by atoms with E-state index in [1.165, 1.54) is 5.69 Å². The van der Waals surface area contributed by atoms with Gasteiger partial charge in [-0.05, 0) is 62.6 Å². The first kappa shape index (κ1) is 16.0. The zero-order valence-corrected chi connectivity index (χ0v) is 13.7. The molecule has 0 spiro atoms. The summed E-state index contributed by atoms with van der Waals surface area (Å²) < 4.78 is 15.2. The molecular weight excluding hydrogens is 291 g/mol. The molecule has 0 unspecified atom stereocenters. The van der Waals surface area contributed by atoms with Gasteiger partial charge in [-0.3, -0.25) is 4.68 Å². The molecule has 1 N–H and O–H groups in total. The third-order valence-corrected chi connectivity index (χ3v) is 4.55. The molecule has 23 heavy (non-hydrogen) atoms. The maximum absolute atomic E-state index is 13.2. The van der Waals surface area contributed by atoms with E-state index < -0.39 is 0 Å². The Morgan fingerprint density at radius 2 is 2.13 bits per heavy atom. The molecule has 5 heteroatoms. The number of anilines is 1. The fraction of sp³-hybridized carbons (Fsp3) is 0.500. The Balaban J connectivity index is 1.40. The van der Waals surface area contributed by atoms with Crippen LogP contribution in [0.4, 0.5) is 10.1 Å². The fourth-order valence-corrected chi connectivity index (χ4v) is 3.28. The second-order valence-corrected chi connectivity index (χ2v) is 6.27. The van der Waals surface area contributed by atoms with Crippen LogP contribution < -0.4 is 10.2 Å². The Bertz CT molecular complexity index is 603. The predicted octanol–water partition coefficient (Wildman–Crippen LogP) is 2.98. The molecule has 1 aliphatic heterocycles. The monoisotopic (exact) mass is 316 g/mol. The number of rotatable bonds is 6. The lowest BCUT2D eigenvalue weighted by Crippen LogP contribution is -2.43. The van der Waals surface area contributed by atoms with Crippen LogP contribution >= 0.6 is 0 Å². The molecule has 1 fully saturated rings. The molecule has 1 aliphatic rings. The zero-order valence-electron chi connectivity index (χ0n) is 13.7. The minimum Gasteiger partial charge on any atom is -0.371 e. The third kappa shape index (κ3) is 4.32. The maximum Gasteiger partial charge on any atom is 0.123 e. The lowest BCUT2D eigenvalue weighted by atomic mass is 10.0. The van der Waals surface area contributed by atoms with Gasteiger partial charge < -0.3 is 10.2 Å². The van der Waals surface area contributed by atoms with Crippen molar-refractivity contribution < 1.29 is 4.39 Å². The van der Waals surface area contributed by atoms with E-state index in [4.69, 9.17) is 0 Å². The summed E-state index contributed by atoms with van der Waals surface area (Å²) >= 11 is 0. The van der Waals surface area contributed by atoms with Crippen LogP contribution in [0, 0.1) is 12.7 Å². The standard InChI is InChI=1S/C18H25FN4/c1-15-14-16(19)4-5-18(15)22-12-6-17(7-13-22)20-8-2-10-23-11-3-9-21-23/h3-5,9,11,14,17,20H,2,6-8,10,12-13H2,1H3. The Labute approximate surface area is 137 Å². The first-order valence-electron chi connectivity index (χ1n) is 8.44. The molecule has 3 rings (SSSR count). The van der Waals surface area contributed by atoms with Crippen LogP contribution in [-0.2, 0) is 6.54 Å². The number of aromatic nitrogens is 2. The molecule has 0 saturated carbocycles. The Morgan fingerprint density at radius 3 is 2.83 bits per heavy atom. The summed E-state index contributed by atoms with van der Waals surface area (Å²) in [5.74, 6) is -0.153. The van der Waals surface area contributed by atoms with Crippen molar-refractivity contribution in [3.63, 3.8) is 0 Å². The van der Waals surface area contributed by atoms with E-state index in [0.717, 1.165) is 51.0 Å². The van der Waals surface area contributed by atoms with Gasteiger partial charge in [0.05, 0.1) is 0 Å². The van der Waals surface area contributed by atoms with Gasteiger partial charge in [-0.25, -0.2) is 4.39 Å². The molecule has 1 aromatic carbocycles. The molecule has 0 aliphatic carbocycles. The zero-order chi connectivity index (χ0) is 16.1. The number of piperidine rings is 1. The molecule has 0 amide bonds. The van der Waals surface area contributed by atoms with Gasteiger partial charge in [-0.1, -0.05) is 0 Å². The topological polar surface area (TPSA) is 33.1 Å². The van der Waals surface area contributed by atoms with Crippen molar-refractivity contribution in [1.29, 1.82) is 0 Å². The lowest BCUT2D eigenvalue weighted by molar-refractivity contribution is 0.404. The van der Waals surface area contributed by atoms with E-state index >= 15 is 0 Å². The highest BCUT2D eigenvalue weighted by Gasteiger charge is 2.19. The van der Waals surface area contributed by atoms with Gasteiger partial charge in [-0.15, -0.1) is 0 Å². The van der Waals surface area contributed by atoms with Crippen LogP contribution in [0.15, 0.2) is 36.7 Å². The van der Waals surface area contributed by atoms with Gasteiger partial charge >= 0.3 is 0 Å². The number of nitrogens with one attached hydrogen (secondary N) is 1. The van der Waals surface area contributed by atoms with Crippen molar-refractivity contribution >= 4 is 5.69 Å². The first-order valence-corrected chi connectivity index (χ1v) is 8.44. The van der Waals surface area contributed by atoms with Gasteiger partial charge in [0, 0.05) is 43.8 Å². The van der Waals surface area contributed by atoms with Crippen molar-refractivity contribution in [2.45, 2.75) is 38.8 Å². The van der Waals surface area contributed by atoms with E-state index in [9.17, 15) is 4.39 Å². The Morgan fingerprint density at radius 1 is 1.30 bits per heavy atom. The molecule has 1 saturated heterocycles. The van der Waals surface area contributed by atoms with Gasteiger partial charge in [0.25, 0.3) is 0 Å². The molecule has 0 radical (unpaired) electrons. The van der Waals surface area contributed by atoms with Crippen LogP contribution in [0.5, 0.6) is 0 Å². The van der Waals surface area contributed by atoms with Crippen molar-refractivity contribution in [3.05, 3.63) is 48.0 Å². The number of hydrogen-bond donors (Lipinski definition) is 1. The van der Waals surface area contributed by atoms with E-state index in [-0.39, 0.29) is 5.82 Å². The van der Waals surface area contributed by atoms with Crippen molar-refractivity contribution in [3.8, 4) is 0 Å². The van der Waals surface area contributed by atoms with Gasteiger partial charge in [0.15, 0.2) is 0 Å².